The summed E-state index contributed by atoms with van der Waals surface area (Å²) in [4.78, 5) is 14.1. The van der Waals surface area contributed by atoms with Gasteiger partial charge in [0.25, 0.3) is 0 Å². The maximum absolute atomic E-state index is 12.2. The molecule has 3 rings (SSSR count). The SMILES string of the molecule is CCCCOC(=O)N1CCC(c2c(C)c(COCc3ccccc3)nn2CC)CC1. The number of piperidine rings is 1. The first kappa shape index (κ1) is 22.3. The number of carbonyl (C=O) groups is 1. The molecule has 6 heteroatoms. The standard InChI is InChI=1S/C24H35N3O3/c1-4-6-16-30-24(28)26-14-12-21(13-15-26)23-19(3)22(25-27(23)5-2)18-29-17-20-10-8-7-9-11-20/h7-11,21H,4-6,12-18H2,1-3H3. The maximum Gasteiger partial charge on any atom is 0.409 e. The van der Waals surface area contributed by atoms with Crippen LogP contribution in [0.4, 0.5) is 4.79 Å². The van der Waals surface area contributed by atoms with Crippen LogP contribution in [0.25, 0.3) is 0 Å². The van der Waals surface area contributed by atoms with Crippen molar-refractivity contribution in [2.75, 3.05) is 19.7 Å². The molecule has 164 valence electrons. The summed E-state index contributed by atoms with van der Waals surface area (Å²) in [5.41, 5.74) is 4.72. The molecule has 0 N–H and O–H groups in total. The summed E-state index contributed by atoms with van der Waals surface area (Å²) >= 11 is 0. The first-order chi connectivity index (χ1) is 14.6. The van der Waals surface area contributed by atoms with Crippen LogP contribution in [0.5, 0.6) is 0 Å². The molecule has 0 atom stereocenters. The number of benzene rings is 1. The van der Waals surface area contributed by atoms with Crippen molar-refractivity contribution in [3.63, 3.8) is 0 Å². The summed E-state index contributed by atoms with van der Waals surface area (Å²) in [6, 6.07) is 10.2. The molecule has 1 amide bonds. The summed E-state index contributed by atoms with van der Waals surface area (Å²) in [6.45, 7) is 10.3. The van der Waals surface area contributed by atoms with E-state index in [1.54, 1.807) is 0 Å². The molecule has 2 aromatic rings. The Kier molecular flexibility index (Phi) is 8.31. The Balaban J connectivity index is 1.57. The van der Waals surface area contributed by atoms with Crippen LogP contribution in [0.2, 0.25) is 0 Å². The largest absolute Gasteiger partial charge is 0.449 e. The number of nitrogens with zero attached hydrogens (tertiary/aromatic N) is 3. The fraction of sp³-hybridized carbons (Fsp3) is 0.583. The molecule has 0 unspecified atom stereocenters. The van der Waals surface area contributed by atoms with E-state index in [2.05, 4.69) is 37.6 Å². The molecule has 6 nitrogen and oxygen atoms in total. The van der Waals surface area contributed by atoms with Gasteiger partial charge in [0.05, 0.1) is 25.5 Å². The Morgan fingerprint density at radius 2 is 1.87 bits per heavy atom. The quantitative estimate of drug-likeness (QED) is 0.540. The first-order valence-corrected chi connectivity index (χ1v) is 11.2. The maximum atomic E-state index is 12.2. The van der Waals surface area contributed by atoms with Crippen molar-refractivity contribution in [3.8, 4) is 0 Å². The third kappa shape index (κ3) is 5.63. The Morgan fingerprint density at radius 1 is 1.13 bits per heavy atom. The monoisotopic (exact) mass is 413 g/mol. The molecule has 30 heavy (non-hydrogen) atoms. The first-order valence-electron chi connectivity index (χ1n) is 11.2. The van der Waals surface area contributed by atoms with Crippen LogP contribution < -0.4 is 0 Å². The molecular formula is C24H35N3O3. The average Bonchev–Trinajstić information content (AvgIpc) is 3.10. The predicted octanol–water partition coefficient (Wildman–Crippen LogP) is 5.04. The lowest BCUT2D eigenvalue weighted by atomic mass is 9.91. The number of carbonyl (C=O) groups excluding carboxylic acids is 1. The van der Waals surface area contributed by atoms with Gasteiger partial charge in [0, 0.05) is 31.2 Å². The van der Waals surface area contributed by atoms with E-state index in [0.29, 0.717) is 25.7 Å². The van der Waals surface area contributed by atoms with Crippen LogP contribution in [0, 0.1) is 6.92 Å². The smallest absolute Gasteiger partial charge is 0.409 e. The molecule has 1 aromatic carbocycles. The minimum absolute atomic E-state index is 0.169. The van der Waals surface area contributed by atoms with Gasteiger partial charge in [-0.15, -0.1) is 0 Å². The lowest BCUT2D eigenvalue weighted by Gasteiger charge is -2.32. The normalized spacial score (nSPS) is 14.8. The van der Waals surface area contributed by atoms with Crippen LogP contribution in [0.15, 0.2) is 30.3 Å². The third-order valence-electron chi connectivity index (χ3n) is 5.85. The number of aryl methyl sites for hydroxylation is 1. The molecule has 0 spiro atoms. The summed E-state index contributed by atoms with van der Waals surface area (Å²) in [7, 11) is 0. The number of amides is 1. The van der Waals surface area contributed by atoms with E-state index in [0.717, 1.165) is 51.0 Å². The number of aromatic nitrogens is 2. The Hall–Kier alpha value is -2.34. The van der Waals surface area contributed by atoms with Crippen LogP contribution >= 0.6 is 0 Å². The molecule has 1 saturated heterocycles. The Morgan fingerprint density at radius 3 is 2.53 bits per heavy atom. The predicted molar refractivity (Wildman–Crippen MR) is 117 cm³/mol. The molecule has 0 saturated carbocycles. The summed E-state index contributed by atoms with van der Waals surface area (Å²) in [5.74, 6) is 0.417. The molecule has 0 radical (unpaired) electrons. The summed E-state index contributed by atoms with van der Waals surface area (Å²) in [6.07, 6.45) is 3.68. The fourth-order valence-corrected chi connectivity index (χ4v) is 4.08. The van der Waals surface area contributed by atoms with Gasteiger partial charge in [0.15, 0.2) is 0 Å². The van der Waals surface area contributed by atoms with E-state index in [1.807, 2.05) is 23.1 Å². The zero-order valence-electron chi connectivity index (χ0n) is 18.6. The lowest BCUT2D eigenvalue weighted by molar-refractivity contribution is 0.0911. The number of unbranched alkanes of at least 4 members (excludes halogenated alkanes) is 1. The molecule has 0 bridgehead atoms. The van der Waals surface area contributed by atoms with Crippen molar-refractivity contribution in [2.24, 2.45) is 0 Å². The molecule has 1 aliphatic heterocycles. The zero-order valence-corrected chi connectivity index (χ0v) is 18.6. The molecule has 0 aliphatic carbocycles. The number of ether oxygens (including phenoxy) is 2. The molecular weight excluding hydrogens is 378 g/mol. The zero-order chi connectivity index (χ0) is 21.3. The minimum Gasteiger partial charge on any atom is -0.449 e. The van der Waals surface area contributed by atoms with Gasteiger partial charge in [0.1, 0.15) is 0 Å². The van der Waals surface area contributed by atoms with E-state index in [1.165, 1.54) is 16.8 Å². The van der Waals surface area contributed by atoms with E-state index in [4.69, 9.17) is 14.6 Å². The number of hydrogen-bond acceptors (Lipinski definition) is 4. The second kappa shape index (κ2) is 11.2. The molecule has 2 heterocycles. The van der Waals surface area contributed by atoms with Crippen molar-refractivity contribution in [1.29, 1.82) is 0 Å². The molecule has 1 aromatic heterocycles. The van der Waals surface area contributed by atoms with Crippen LogP contribution in [0.1, 0.15) is 68.0 Å². The average molecular weight is 414 g/mol. The van der Waals surface area contributed by atoms with Crippen LogP contribution in [-0.2, 0) is 29.2 Å². The van der Waals surface area contributed by atoms with Gasteiger partial charge < -0.3 is 14.4 Å². The minimum atomic E-state index is -0.169. The highest BCUT2D eigenvalue weighted by Gasteiger charge is 2.29. The fourth-order valence-electron chi connectivity index (χ4n) is 4.08. The second-order valence-corrected chi connectivity index (χ2v) is 7.98. The van der Waals surface area contributed by atoms with Gasteiger partial charge in [0.2, 0.25) is 0 Å². The third-order valence-corrected chi connectivity index (χ3v) is 5.85. The van der Waals surface area contributed by atoms with Crippen molar-refractivity contribution in [3.05, 3.63) is 52.8 Å². The van der Waals surface area contributed by atoms with Crippen LogP contribution in [0.3, 0.4) is 0 Å². The topological polar surface area (TPSA) is 56.6 Å². The number of rotatable bonds is 9. The number of likely N-dealkylation sites (tertiary alicyclic amines) is 1. The van der Waals surface area contributed by atoms with E-state index < -0.39 is 0 Å². The molecule has 1 fully saturated rings. The van der Waals surface area contributed by atoms with Gasteiger partial charge >= 0.3 is 6.09 Å². The second-order valence-electron chi connectivity index (χ2n) is 7.98. The van der Waals surface area contributed by atoms with Crippen molar-refractivity contribution >= 4 is 6.09 Å². The van der Waals surface area contributed by atoms with Gasteiger partial charge in [-0.05, 0) is 44.2 Å². The highest BCUT2D eigenvalue weighted by molar-refractivity contribution is 5.67. The highest BCUT2D eigenvalue weighted by atomic mass is 16.6. The van der Waals surface area contributed by atoms with Gasteiger partial charge in [-0.25, -0.2) is 4.79 Å². The van der Waals surface area contributed by atoms with Crippen molar-refractivity contribution in [1.82, 2.24) is 14.7 Å². The van der Waals surface area contributed by atoms with Gasteiger partial charge in [-0.2, -0.15) is 5.10 Å². The van der Waals surface area contributed by atoms with E-state index in [-0.39, 0.29) is 6.09 Å². The Labute approximate surface area is 180 Å². The summed E-state index contributed by atoms with van der Waals surface area (Å²) < 4.78 is 13.4. The van der Waals surface area contributed by atoms with Gasteiger partial charge in [-0.1, -0.05) is 43.7 Å². The number of hydrogen-bond donors (Lipinski definition) is 0. The van der Waals surface area contributed by atoms with Gasteiger partial charge in [-0.3, -0.25) is 4.68 Å². The van der Waals surface area contributed by atoms with E-state index >= 15 is 0 Å². The highest BCUT2D eigenvalue weighted by Crippen LogP contribution is 2.32. The van der Waals surface area contributed by atoms with Crippen molar-refractivity contribution in [2.45, 2.75) is 72.1 Å². The lowest BCUT2D eigenvalue weighted by Crippen LogP contribution is -2.38. The van der Waals surface area contributed by atoms with E-state index in [9.17, 15) is 4.79 Å². The Bertz CT molecular complexity index is 796. The van der Waals surface area contributed by atoms with Crippen molar-refractivity contribution < 1.29 is 14.3 Å². The summed E-state index contributed by atoms with van der Waals surface area (Å²) in [5, 5.41) is 4.83. The van der Waals surface area contributed by atoms with Crippen LogP contribution in [-0.4, -0.2) is 40.5 Å². The molecule has 1 aliphatic rings.